The zero-order chi connectivity index (χ0) is 11.7. The Balaban J connectivity index is 1.99. The van der Waals surface area contributed by atoms with Crippen LogP contribution in [0.5, 0.6) is 5.75 Å². The Labute approximate surface area is 114 Å². The number of fused-ring (bicyclic) bond motifs is 2. The first-order valence-electron chi connectivity index (χ1n) is 5.62. The summed E-state index contributed by atoms with van der Waals surface area (Å²) in [5, 5.41) is 0. The average Bonchev–Trinajstić information content (AvgIpc) is 2.62. The molecule has 1 aliphatic heterocycles. The van der Waals surface area contributed by atoms with Crippen LogP contribution in [0.1, 0.15) is 5.56 Å². The SMILES string of the molecule is IC1C=CC2N=Cc3ccccc3OC2C=C1. The highest BCUT2D eigenvalue weighted by Gasteiger charge is 2.23. The van der Waals surface area contributed by atoms with E-state index in [-0.39, 0.29) is 12.1 Å². The summed E-state index contributed by atoms with van der Waals surface area (Å²) in [5.74, 6) is 0.911. The lowest BCUT2D eigenvalue weighted by molar-refractivity contribution is 0.238. The molecule has 3 unspecified atom stereocenters. The van der Waals surface area contributed by atoms with Crippen LogP contribution >= 0.6 is 22.6 Å². The summed E-state index contributed by atoms with van der Waals surface area (Å²) in [6.07, 6.45) is 10.5. The standard InChI is InChI=1S/C14H12INO/c15-11-5-7-12-14(8-6-11)17-13-4-2-1-3-10(13)9-16-12/h1-9,11-12,14H. The van der Waals surface area contributed by atoms with Gasteiger partial charge in [-0.1, -0.05) is 53.0 Å². The summed E-state index contributed by atoms with van der Waals surface area (Å²) in [7, 11) is 0. The van der Waals surface area contributed by atoms with E-state index in [1.165, 1.54) is 0 Å². The molecular formula is C14H12INO. The molecule has 2 nitrogen and oxygen atoms in total. The molecule has 0 saturated heterocycles. The molecule has 0 aromatic heterocycles. The van der Waals surface area contributed by atoms with E-state index < -0.39 is 0 Å². The largest absolute Gasteiger partial charge is 0.483 e. The second-order valence-electron chi connectivity index (χ2n) is 4.10. The number of halogens is 1. The van der Waals surface area contributed by atoms with Crippen LogP contribution in [-0.2, 0) is 0 Å². The molecule has 0 saturated carbocycles. The van der Waals surface area contributed by atoms with Gasteiger partial charge in [-0.2, -0.15) is 0 Å². The van der Waals surface area contributed by atoms with Crippen LogP contribution in [0.3, 0.4) is 0 Å². The number of hydrogen-bond acceptors (Lipinski definition) is 2. The van der Waals surface area contributed by atoms with Gasteiger partial charge < -0.3 is 4.74 Å². The molecule has 0 amide bonds. The van der Waals surface area contributed by atoms with E-state index in [0.717, 1.165) is 11.3 Å². The minimum Gasteiger partial charge on any atom is -0.483 e. The molecule has 3 rings (SSSR count). The lowest BCUT2D eigenvalue weighted by Gasteiger charge is -2.17. The fourth-order valence-corrected chi connectivity index (χ4v) is 2.45. The molecular weight excluding hydrogens is 325 g/mol. The van der Waals surface area contributed by atoms with Crippen molar-refractivity contribution in [3.63, 3.8) is 0 Å². The third kappa shape index (κ3) is 2.29. The first-order chi connectivity index (χ1) is 8.33. The molecule has 3 atom stereocenters. The third-order valence-corrected chi connectivity index (χ3v) is 3.71. The maximum atomic E-state index is 6.02. The van der Waals surface area contributed by atoms with Gasteiger partial charge >= 0.3 is 0 Å². The third-order valence-electron chi connectivity index (χ3n) is 2.88. The highest BCUT2D eigenvalue weighted by molar-refractivity contribution is 14.1. The first kappa shape index (κ1) is 11.0. The molecule has 0 fully saturated rings. The number of rotatable bonds is 0. The van der Waals surface area contributed by atoms with Crippen LogP contribution in [0.15, 0.2) is 53.6 Å². The second kappa shape index (κ2) is 4.64. The van der Waals surface area contributed by atoms with Gasteiger partial charge in [0.2, 0.25) is 0 Å². The van der Waals surface area contributed by atoms with Crippen LogP contribution in [0.4, 0.5) is 0 Å². The Bertz CT molecular complexity index is 507. The van der Waals surface area contributed by atoms with Crippen LogP contribution in [0.2, 0.25) is 0 Å². The summed E-state index contributed by atoms with van der Waals surface area (Å²) in [6, 6.07) is 8.09. The van der Waals surface area contributed by atoms with Crippen molar-refractivity contribution in [2.45, 2.75) is 16.1 Å². The highest BCUT2D eigenvalue weighted by atomic mass is 127. The zero-order valence-electron chi connectivity index (χ0n) is 9.16. The number of nitrogens with zero attached hydrogens (tertiary/aromatic N) is 1. The molecule has 0 radical (unpaired) electrons. The van der Waals surface area contributed by atoms with Gasteiger partial charge in [0.1, 0.15) is 17.9 Å². The lowest BCUT2D eigenvalue weighted by atomic mass is 10.1. The number of alkyl halides is 1. The number of para-hydroxylation sites is 1. The zero-order valence-corrected chi connectivity index (χ0v) is 11.3. The maximum Gasteiger partial charge on any atom is 0.143 e. The van der Waals surface area contributed by atoms with Gasteiger partial charge in [-0.25, -0.2) is 0 Å². The van der Waals surface area contributed by atoms with E-state index in [1.807, 2.05) is 30.5 Å². The molecule has 1 aromatic rings. The van der Waals surface area contributed by atoms with Crippen LogP contribution in [-0.4, -0.2) is 22.3 Å². The normalized spacial score (nSPS) is 29.8. The minimum atomic E-state index is 0.00548. The minimum absolute atomic E-state index is 0.00548. The Morgan fingerprint density at radius 1 is 1.06 bits per heavy atom. The van der Waals surface area contributed by atoms with Gasteiger partial charge in [0.05, 0.1) is 0 Å². The van der Waals surface area contributed by atoms with Gasteiger partial charge in [-0.3, -0.25) is 4.99 Å². The smallest absolute Gasteiger partial charge is 0.143 e. The second-order valence-corrected chi connectivity index (χ2v) is 5.54. The van der Waals surface area contributed by atoms with Crippen molar-refractivity contribution in [3.05, 3.63) is 54.1 Å². The molecule has 86 valence electrons. The topological polar surface area (TPSA) is 21.6 Å². The van der Waals surface area contributed by atoms with Crippen molar-refractivity contribution < 1.29 is 4.74 Å². The van der Waals surface area contributed by atoms with Crippen LogP contribution in [0.25, 0.3) is 0 Å². The van der Waals surface area contributed by atoms with Gasteiger partial charge in [0.25, 0.3) is 0 Å². The van der Waals surface area contributed by atoms with Gasteiger partial charge in [-0.15, -0.1) is 0 Å². The Hall–Kier alpha value is -1.10. The summed E-state index contributed by atoms with van der Waals surface area (Å²) < 4.78 is 6.45. The fraction of sp³-hybridized carbons (Fsp3) is 0.214. The number of benzene rings is 1. The lowest BCUT2D eigenvalue weighted by Crippen LogP contribution is -2.25. The highest BCUT2D eigenvalue weighted by Crippen LogP contribution is 2.25. The molecule has 1 heterocycles. The molecule has 0 N–H and O–H groups in total. The van der Waals surface area contributed by atoms with Crippen molar-refractivity contribution in [1.82, 2.24) is 0 Å². The summed E-state index contributed by atoms with van der Waals surface area (Å²) in [4.78, 5) is 4.59. The van der Waals surface area contributed by atoms with E-state index in [9.17, 15) is 0 Å². The van der Waals surface area contributed by atoms with Crippen LogP contribution < -0.4 is 4.74 Å². The first-order valence-corrected chi connectivity index (χ1v) is 6.87. The van der Waals surface area contributed by atoms with E-state index in [4.69, 9.17) is 4.74 Å². The summed E-state index contributed by atoms with van der Waals surface area (Å²) in [5.41, 5.74) is 1.05. The van der Waals surface area contributed by atoms with E-state index in [1.54, 1.807) is 0 Å². The van der Waals surface area contributed by atoms with Gasteiger partial charge in [0.15, 0.2) is 0 Å². The molecule has 17 heavy (non-hydrogen) atoms. The number of allylic oxidation sites excluding steroid dienone is 2. The Morgan fingerprint density at radius 2 is 1.88 bits per heavy atom. The van der Waals surface area contributed by atoms with Crippen LogP contribution in [0, 0.1) is 0 Å². The molecule has 2 aliphatic rings. The summed E-state index contributed by atoms with van der Waals surface area (Å²) in [6.45, 7) is 0. The van der Waals surface area contributed by atoms with E-state index in [2.05, 4.69) is 51.9 Å². The van der Waals surface area contributed by atoms with Crippen molar-refractivity contribution >= 4 is 28.8 Å². The number of hydrogen-bond donors (Lipinski definition) is 0. The molecule has 0 spiro atoms. The predicted octanol–water partition coefficient (Wildman–Crippen LogP) is 3.16. The number of aliphatic imine (C=N–C) groups is 1. The van der Waals surface area contributed by atoms with Crippen molar-refractivity contribution in [2.24, 2.45) is 4.99 Å². The Morgan fingerprint density at radius 3 is 2.82 bits per heavy atom. The predicted molar refractivity (Wildman–Crippen MR) is 78.3 cm³/mol. The van der Waals surface area contributed by atoms with Crippen molar-refractivity contribution in [3.8, 4) is 5.75 Å². The van der Waals surface area contributed by atoms with Crippen molar-refractivity contribution in [1.29, 1.82) is 0 Å². The van der Waals surface area contributed by atoms with Gasteiger partial charge in [-0.05, 0) is 18.2 Å². The quantitative estimate of drug-likeness (QED) is 0.405. The monoisotopic (exact) mass is 337 g/mol. The number of ether oxygens (including phenoxy) is 1. The van der Waals surface area contributed by atoms with Crippen molar-refractivity contribution in [2.75, 3.05) is 0 Å². The molecule has 1 aromatic carbocycles. The maximum absolute atomic E-state index is 6.02. The molecule has 3 heteroatoms. The summed E-state index contributed by atoms with van der Waals surface area (Å²) >= 11 is 2.38. The fourth-order valence-electron chi connectivity index (χ4n) is 1.97. The average molecular weight is 337 g/mol. The molecule has 0 bridgehead atoms. The van der Waals surface area contributed by atoms with E-state index in [0.29, 0.717) is 3.92 Å². The van der Waals surface area contributed by atoms with Gasteiger partial charge in [0, 0.05) is 15.7 Å². The molecule has 1 aliphatic carbocycles. The van der Waals surface area contributed by atoms with E-state index >= 15 is 0 Å². The Kier molecular flexibility index (Phi) is 3.01.